The van der Waals surface area contributed by atoms with Crippen molar-refractivity contribution in [1.29, 1.82) is 0 Å². The van der Waals surface area contributed by atoms with E-state index in [9.17, 15) is 5.11 Å². The Hall–Kier alpha value is -0.120. The van der Waals surface area contributed by atoms with E-state index in [2.05, 4.69) is 32.6 Å². The second-order valence-electron chi connectivity index (χ2n) is 6.10. The third-order valence-corrected chi connectivity index (χ3v) is 2.66. The number of ether oxygens (including phenoxy) is 1. The van der Waals surface area contributed by atoms with E-state index in [-0.39, 0.29) is 11.6 Å². The van der Waals surface area contributed by atoms with Crippen molar-refractivity contribution in [3.05, 3.63) is 0 Å². The van der Waals surface area contributed by atoms with Crippen LogP contribution in [0.5, 0.6) is 0 Å². The van der Waals surface area contributed by atoms with E-state index in [1.807, 2.05) is 27.7 Å². The molecule has 0 spiro atoms. The first kappa shape index (κ1) is 15.9. The molecular formula is C13H29NO2. The summed E-state index contributed by atoms with van der Waals surface area (Å²) >= 11 is 0. The first-order valence-electron chi connectivity index (χ1n) is 6.15. The molecule has 0 rings (SSSR count). The van der Waals surface area contributed by atoms with E-state index in [1.54, 1.807) is 0 Å². The van der Waals surface area contributed by atoms with Crippen LogP contribution in [0.15, 0.2) is 0 Å². The van der Waals surface area contributed by atoms with Crippen molar-refractivity contribution < 1.29 is 9.84 Å². The highest BCUT2D eigenvalue weighted by Crippen LogP contribution is 2.25. The van der Waals surface area contributed by atoms with E-state index in [4.69, 9.17) is 4.74 Å². The summed E-state index contributed by atoms with van der Waals surface area (Å²) in [4.78, 5) is 2.05. The van der Waals surface area contributed by atoms with Crippen molar-refractivity contribution in [3.8, 4) is 0 Å². The molecule has 0 aliphatic rings. The minimum absolute atomic E-state index is 0.0637. The number of likely N-dealkylation sites (N-methyl/N-ethyl adjacent to an activating group) is 1. The van der Waals surface area contributed by atoms with Crippen LogP contribution in [0.1, 0.15) is 55.4 Å². The average Bonchev–Trinajstić information content (AvgIpc) is 1.99. The number of hydrogen-bond acceptors (Lipinski definition) is 3. The van der Waals surface area contributed by atoms with Gasteiger partial charge < -0.3 is 9.84 Å². The zero-order valence-electron chi connectivity index (χ0n) is 12.2. The van der Waals surface area contributed by atoms with E-state index in [1.165, 1.54) is 0 Å². The second-order valence-corrected chi connectivity index (χ2v) is 6.10. The lowest BCUT2D eigenvalue weighted by atomic mass is 9.99. The fourth-order valence-corrected chi connectivity index (χ4v) is 2.06. The van der Waals surface area contributed by atoms with Crippen LogP contribution < -0.4 is 0 Å². The van der Waals surface area contributed by atoms with Gasteiger partial charge in [0.05, 0.1) is 6.10 Å². The third-order valence-electron chi connectivity index (χ3n) is 2.66. The van der Waals surface area contributed by atoms with Crippen molar-refractivity contribution in [2.75, 3.05) is 6.54 Å². The SMILES string of the molecule is CCN(C(O)C(C)(C)OC(C)C)C(C)(C)C. The summed E-state index contributed by atoms with van der Waals surface area (Å²) in [5.41, 5.74) is -0.622. The normalized spacial score (nSPS) is 15.9. The molecular weight excluding hydrogens is 202 g/mol. The van der Waals surface area contributed by atoms with Gasteiger partial charge in [0, 0.05) is 5.54 Å². The Balaban J connectivity index is 4.80. The lowest BCUT2D eigenvalue weighted by molar-refractivity contribution is -0.194. The highest BCUT2D eigenvalue weighted by atomic mass is 16.5. The topological polar surface area (TPSA) is 32.7 Å². The molecule has 98 valence electrons. The number of hydrogen-bond donors (Lipinski definition) is 1. The van der Waals surface area contributed by atoms with Crippen LogP contribution in [0.2, 0.25) is 0 Å². The lowest BCUT2D eigenvalue weighted by Crippen LogP contribution is -2.57. The summed E-state index contributed by atoms with van der Waals surface area (Å²) in [6, 6.07) is 0. The van der Waals surface area contributed by atoms with Gasteiger partial charge in [-0.15, -0.1) is 0 Å². The Morgan fingerprint density at radius 1 is 1.12 bits per heavy atom. The van der Waals surface area contributed by atoms with Gasteiger partial charge in [-0.1, -0.05) is 6.92 Å². The Morgan fingerprint density at radius 3 is 1.81 bits per heavy atom. The molecule has 0 amide bonds. The minimum Gasteiger partial charge on any atom is -0.375 e. The smallest absolute Gasteiger partial charge is 0.136 e. The molecule has 1 N–H and O–H groups in total. The lowest BCUT2D eigenvalue weighted by Gasteiger charge is -2.45. The molecule has 1 atom stereocenters. The van der Waals surface area contributed by atoms with Gasteiger partial charge in [0.15, 0.2) is 0 Å². The van der Waals surface area contributed by atoms with Gasteiger partial charge in [0.25, 0.3) is 0 Å². The first-order valence-corrected chi connectivity index (χ1v) is 6.15. The van der Waals surface area contributed by atoms with Crippen LogP contribution in [0.4, 0.5) is 0 Å². The summed E-state index contributed by atoms with van der Waals surface area (Å²) in [6.07, 6.45) is -0.483. The van der Waals surface area contributed by atoms with Crippen molar-refractivity contribution in [1.82, 2.24) is 4.90 Å². The highest BCUT2D eigenvalue weighted by Gasteiger charge is 2.38. The first-order chi connectivity index (χ1) is 7.02. The number of aliphatic hydroxyl groups is 1. The summed E-state index contributed by atoms with van der Waals surface area (Å²) < 4.78 is 5.79. The summed E-state index contributed by atoms with van der Waals surface area (Å²) in [6.45, 7) is 17.0. The van der Waals surface area contributed by atoms with Crippen LogP contribution >= 0.6 is 0 Å². The van der Waals surface area contributed by atoms with Crippen molar-refractivity contribution in [2.24, 2.45) is 0 Å². The fraction of sp³-hybridized carbons (Fsp3) is 1.00. The van der Waals surface area contributed by atoms with Gasteiger partial charge in [-0.2, -0.15) is 0 Å². The molecule has 0 aliphatic carbocycles. The van der Waals surface area contributed by atoms with Gasteiger partial charge in [-0.05, 0) is 55.0 Å². The second kappa shape index (κ2) is 5.48. The highest BCUT2D eigenvalue weighted by molar-refractivity contribution is 4.86. The molecule has 16 heavy (non-hydrogen) atoms. The largest absolute Gasteiger partial charge is 0.375 e. The fourth-order valence-electron chi connectivity index (χ4n) is 2.06. The van der Waals surface area contributed by atoms with Crippen LogP contribution in [-0.2, 0) is 4.74 Å². The Morgan fingerprint density at radius 2 is 1.56 bits per heavy atom. The minimum atomic E-state index is -0.597. The molecule has 0 aliphatic heterocycles. The number of aliphatic hydroxyl groups excluding tert-OH is 1. The van der Waals surface area contributed by atoms with Crippen LogP contribution in [-0.4, -0.2) is 40.0 Å². The van der Waals surface area contributed by atoms with Gasteiger partial charge >= 0.3 is 0 Å². The predicted octanol–water partition coefficient (Wildman–Crippen LogP) is 2.63. The maximum atomic E-state index is 10.4. The molecule has 0 radical (unpaired) electrons. The van der Waals surface area contributed by atoms with Crippen LogP contribution in [0.25, 0.3) is 0 Å². The molecule has 0 heterocycles. The van der Waals surface area contributed by atoms with Crippen molar-refractivity contribution in [3.63, 3.8) is 0 Å². The third kappa shape index (κ3) is 4.40. The molecule has 0 aromatic carbocycles. The summed E-state index contributed by atoms with van der Waals surface area (Å²) in [7, 11) is 0. The molecule has 0 aromatic heterocycles. The molecule has 0 saturated heterocycles. The maximum absolute atomic E-state index is 10.4. The summed E-state index contributed by atoms with van der Waals surface area (Å²) in [5.74, 6) is 0. The van der Waals surface area contributed by atoms with Gasteiger partial charge in [0.1, 0.15) is 11.8 Å². The van der Waals surface area contributed by atoms with E-state index in [0.29, 0.717) is 0 Å². The van der Waals surface area contributed by atoms with Crippen molar-refractivity contribution in [2.45, 2.75) is 78.9 Å². The molecule has 0 aromatic rings. The molecule has 3 nitrogen and oxygen atoms in total. The van der Waals surface area contributed by atoms with Gasteiger partial charge in [-0.3, -0.25) is 4.90 Å². The van der Waals surface area contributed by atoms with Crippen LogP contribution in [0, 0.1) is 0 Å². The quantitative estimate of drug-likeness (QED) is 0.738. The zero-order chi connectivity index (χ0) is 13.1. The average molecular weight is 231 g/mol. The Bertz CT molecular complexity index is 206. The van der Waals surface area contributed by atoms with E-state index < -0.39 is 11.8 Å². The van der Waals surface area contributed by atoms with E-state index >= 15 is 0 Å². The molecule has 0 bridgehead atoms. The molecule has 0 saturated carbocycles. The molecule has 3 heteroatoms. The molecule has 0 fully saturated rings. The maximum Gasteiger partial charge on any atom is 0.136 e. The standard InChI is InChI=1S/C13H29NO2/c1-9-14(12(4,5)6)11(15)13(7,8)16-10(2)3/h10-11,15H,9H2,1-8H3. The predicted molar refractivity (Wildman–Crippen MR) is 68.4 cm³/mol. The van der Waals surface area contributed by atoms with Gasteiger partial charge in [-0.25, -0.2) is 0 Å². The Labute approximate surface area is 101 Å². The van der Waals surface area contributed by atoms with E-state index in [0.717, 1.165) is 6.54 Å². The van der Waals surface area contributed by atoms with Crippen molar-refractivity contribution >= 4 is 0 Å². The van der Waals surface area contributed by atoms with Gasteiger partial charge in [0.2, 0.25) is 0 Å². The number of rotatable bonds is 5. The summed E-state index contributed by atoms with van der Waals surface area (Å²) in [5, 5.41) is 10.4. The number of nitrogens with zero attached hydrogens (tertiary/aromatic N) is 1. The monoisotopic (exact) mass is 231 g/mol. The zero-order valence-corrected chi connectivity index (χ0v) is 12.2. The Kier molecular flexibility index (Phi) is 5.44. The van der Waals surface area contributed by atoms with Crippen LogP contribution in [0.3, 0.4) is 0 Å². The molecule has 1 unspecified atom stereocenters.